The number of carbonyl (C=O) groups is 2. The van der Waals surface area contributed by atoms with Crippen LogP contribution in [0.15, 0.2) is 11.6 Å². The number of hydrogen-bond acceptors (Lipinski definition) is 4. The third-order valence-electron chi connectivity index (χ3n) is 11.3. The van der Waals surface area contributed by atoms with Gasteiger partial charge in [-0.25, -0.2) is 0 Å². The molecule has 204 valence electrons. The van der Waals surface area contributed by atoms with Crippen LogP contribution >= 0.6 is 0 Å². The zero-order chi connectivity index (χ0) is 26.1. The van der Waals surface area contributed by atoms with Crippen LogP contribution in [0.1, 0.15) is 118 Å². The number of ether oxygens (including phenoxy) is 2. The van der Waals surface area contributed by atoms with E-state index >= 15 is 0 Å². The predicted molar refractivity (Wildman–Crippen MR) is 144 cm³/mol. The maximum absolute atomic E-state index is 12.3. The van der Waals surface area contributed by atoms with Crippen molar-refractivity contribution in [2.45, 2.75) is 124 Å². The van der Waals surface area contributed by atoms with E-state index < -0.39 is 0 Å². The molecule has 0 radical (unpaired) electrons. The van der Waals surface area contributed by atoms with Crippen LogP contribution in [0.3, 0.4) is 0 Å². The fourth-order valence-corrected chi connectivity index (χ4v) is 9.30. The lowest BCUT2D eigenvalue weighted by atomic mass is 9.47. The van der Waals surface area contributed by atoms with E-state index in [4.69, 9.17) is 4.74 Å². The molecule has 3 saturated carbocycles. The van der Waals surface area contributed by atoms with Crippen molar-refractivity contribution in [3.8, 4) is 0 Å². The van der Waals surface area contributed by atoms with Gasteiger partial charge in [-0.05, 0) is 91.3 Å². The Morgan fingerprint density at radius 3 is 2.44 bits per heavy atom. The normalized spacial score (nSPS) is 38.4. The lowest BCUT2D eigenvalue weighted by molar-refractivity contribution is -0.154. The van der Waals surface area contributed by atoms with E-state index in [-0.39, 0.29) is 36.3 Å². The van der Waals surface area contributed by atoms with Gasteiger partial charge in [-0.3, -0.25) is 9.59 Å². The first-order chi connectivity index (χ1) is 17.1. The molecule has 4 rings (SSSR count). The molecular weight excluding hydrogens is 448 g/mol. The Morgan fingerprint density at radius 2 is 1.72 bits per heavy atom. The van der Waals surface area contributed by atoms with Crippen molar-refractivity contribution in [2.24, 2.45) is 46.3 Å². The highest BCUT2D eigenvalue weighted by atomic mass is 16.5. The Hall–Kier alpha value is -1.32. The van der Waals surface area contributed by atoms with E-state index in [0.717, 1.165) is 54.8 Å². The Bertz CT molecular complexity index is 830. The fraction of sp³-hybridized carbons (Fsp3) is 0.875. The van der Waals surface area contributed by atoms with Gasteiger partial charge < -0.3 is 9.47 Å². The van der Waals surface area contributed by atoms with Crippen molar-refractivity contribution in [3.05, 3.63) is 11.6 Å². The van der Waals surface area contributed by atoms with Gasteiger partial charge in [0.2, 0.25) is 0 Å². The zero-order valence-electron chi connectivity index (χ0n) is 23.9. The molecular formula is C32H52O4. The molecule has 8 atom stereocenters. The van der Waals surface area contributed by atoms with E-state index in [2.05, 4.69) is 45.4 Å². The summed E-state index contributed by atoms with van der Waals surface area (Å²) in [6.07, 6.45) is 16.7. The van der Waals surface area contributed by atoms with Crippen LogP contribution in [0.4, 0.5) is 0 Å². The molecule has 4 heteroatoms. The van der Waals surface area contributed by atoms with E-state index in [1.807, 2.05) is 0 Å². The molecule has 0 N–H and O–H groups in total. The Morgan fingerprint density at radius 1 is 0.972 bits per heavy atom. The summed E-state index contributed by atoms with van der Waals surface area (Å²) >= 11 is 0. The maximum Gasteiger partial charge on any atom is 0.306 e. The van der Waals surface area contributed by atoms with Gasteiger partial charge in [0.05, 0.1) is 20.0 Å². The molecule has 4 aliphatic carbocycles. The van der Waals surface area contributed by atoms with Gasteiger partial charge in [0.25, 0.3) is 0 Å². The topological polar surface area (TPSA) is 52.6 Å². The molecule has 0 bridgehead atoms. The van der Waals surface area contributed by atoms with Crippen LogP contribution in [-0.4, -0.2) is 25.2 Å². The predicted octanol–water partition coefficient (Wildman–Crippen LogP) is 7.89. The minimum absolute atomic E-state index is 0.0394. The molecule has 4 aliphatic rings. The van der Waals surface area contributed by atoms with Gasteiger partial charge in [-0.15, -0.1) is 0 Å². The average molecular weight is 501 g/mol. The summed E-state index contributed by atoms with van der Waals surface area (Å²) in [4.78, 5) is 23.7. The highest BCUT2D eigenvalue weighted by Gasteiger charge is 2.59. The summed E-state index contributed by atoms with van der Waals surface area (Å²) in [5, 5.41) is 0. The molecule has 0 amide bonds. The minimum atomic E-state index is -0.354. The van der Waals surface area contributed by atoms with E-state index in [1.165, 1.54) is 58.5 Å². The van der Waals surface area contributed by atoms with E-state index in [0.29, 0.717) is 5.41 Å². The van der Waals surface area contributed by atoms with Crippen molar-refractivity contribution in [1.29, 1.82) is 0 Å². The number of hydrogen-bond donors (Lipinski definition) is 0. The molecule has 0 heterocycles. The van der Waals surface area contributed by atoms with Crippen LogP contribution < -0.4 is 0 Å². The number of rotatable bonds is 9. The number of allylic oxidation sites excluding steroid dienone is 1. The van der Waals surface area contributed by atoms with Gasteiger partial charge in [-0.2, -0.15) is 0 Å². The standard InChI is InChI=1S/C32H52O4/c1-21(2)8-7-9-22(3)26-12-13-27-25-11-10-23-20-24(36-30(34)15-14-29(33)35-6)16-18-31(23,4)28(25)17-19-32(26,27)5/h10,21-22,24-28H,7-9,11-20H2,1-6H3/t22-,24-,25-,26+,27-,28-,31-,32+/m0/s1. The van der Waals surface area contributed by atoms with Crippen molar-refractivity contribution < 1.29 is 19.1 Å². The molecule has 3 fully saturated rings. The molecule has 36 heavy (non-hydrogen) atoms. The first kappa shape index (κ1) is 27.7. The molecule has 0 spiro atoms. The average Bonchev–Trinajstić information content (AvgIpc) is 3.19. The summed E-state index contributed by atoms with van der Waals surface area (Å²) in [5.41, 5.74) is 2.33. The van der Waals surface area contributed by atoms with E-state index in [9.17, 15) is 9.59 Å². The zero-order valence-corrected chi connectivity index (χ0v) is 23.9. The molecule has 0 saturated heterocycles. The Kier molecular flexibility index (Phi) is 8.62. The second kappa shape index (κ2) is 11.2. The molecule has 0 aliphatic heterocycles. The second-order valence-corrected chi connectivity index (χ2v) is 13.7. The molecule has 0 aromatic rings. The third kappa shape index (κ3) is 5.44. The number of fused-ring (bicyclic) bond motifs is 5. The van der Waals surface area contributed by atoms with Crippen LogP contribution in [0, 0.1) is 46.3 Å². The van der Waals surface area contributed by atoms with Crippen molar-refractivity contribution in [3.63, 3.8) is 0 Å². The van der Waals surface area contributed by atoms with Gasteiger partial charge in [0.15, 0.2) is 0 Å². The lowest BCUT2D eigenvalue weighted by Crippen LogP contribution is -2.51. The van der Waals surface area contributed by atoms with Gasteiger partial charge in [-0.1, -0.05) is 65.5 Å². The van der Waals surface area contributed by atoms with Crippen molar-refractivity contribution in [1.82, 2.24) is 0 Å². The lowest BCUT2D eigenvalue weighted by Gasteiger charge is -2.58. The first-order valence-electron chi connectivity index (χ1n) is 15.0. The molecule has 0 aromatic carbocycles. The summed E-state index contributed by atoms with van der Waals surface area (Å²) in [7, 11) is 1.35. The van der Waals surface area contributed by atoms with Crippen LogP contribution in [0.25, 0.3) is 0 Å². The minimum Gasteiger partial charge on any atom is -0.469 e. The van der Waals surface area contributed by atoms with Crippen molar-refractivity contribution in [2.75, 3.05) is 7.11 Å². The summed E-state index contributed by atoms with van der Waals surface area (Å²) < 4.78 is 10.5. The highest BCUT2D eigenvalue weighted by Crippen LogP contribution is 2.67. The molecule has 0 unspecified atom stereocenters. The van der Waals surface area contributed by atoms with Gasteiger partial charge in [0, 0.05) is 6.42 Å². The molecule has 0 aromatic heterocycles. The third-order valence-corrected chi connectivity index (χ3v) is 11.3. The van der Waals surface area contributed by atoms with Crippen molar-refractivity contribution >= 4 is 11.9 Å². The molecule has 4 nitrogen and oxygen atoms in total. The first-order valence-corrected chi connectivity index (χ1v) is 15.0. The smallest absolute Gasteiger partial charge is 0.306 e. The second-order valence-electron chi connectivity index (χ2n) is 13.7. The number of methoxy groups -OCH3 is 1. The monoisotopic (exact) mass is 500 g/mol. The van der Waals surface area contributed by atoms with Crippen LogP contribution in [-0.2, 0) is 19.1 Å². The van der Waals surface area contributed by atoms with E-state index in [1.54, 1.807) is 5.57 Å². The fourth-order valence-electron chi connectivity index (χ4n) is 9.30. The number of esters is 2. The number of carbonyl (C=O) groups excluding carboxylic acids is 2. The van der Waals surface area contributed by atoms with Crippen LogP contribution in [0.5, 0.6) is 0 Å². The largest absolute Gasteiger partial charge is 0.469 e. The quantitative estimate of drug-likeness (QED) is 0.238. The Balaban J connectivity index is 1.38. The summed E-state index contributed by atoms with van der Waals surface area (Å²) in [6, 6.07) is 0. The summed E-state index contributed by atoms with van der Waals surface area (Å²) in [5.74, 6) is 4.42. The van der Waals surface area contributed by atoms with Crippen LogP contribution in [0.2, 0.25) is 0 Å². The SMILES string of the molecule is COC(=O)CCC(=O)O[C@H]1CC[C@@]2(C)C(=CC[C@H]3[C@@H]4CC[C@H]([C@@H](C)CCCC(C)C)[C@@]4(C)CC[C@@H]32)C1. The Labute approximate surface area is 220 Å². The summed E-state index contributed by atoms with van der Waals surface area (Å²) in [6.45, 7) is 12.4. The maximum atomic E-state index is 12.3. The van der Waals surface area contributed by atoms with Gasteiger partial charge >= 0.3 is 11.9 Å². The van der Waals surface area contributed by atoms with Gasteiger partial charge in [0.1, 0.15) is 6.10 Å². The highest BCUT2D eigenvalue weighted by molar-refractivity contribution is 5.77.